The molecule has 0 saturated heterocycles. The topological polar surface area (TPSA) is 119 Å². The van der Waals surface area contributed by atoms with Crippen molar-refractivity contribution in [3.8, 4) is 6.01 Å². The van der Waals surface area contributed by atoms with Gasteiger partial charge in [0.05, 0.1) is 18.2 Å². The summed E-state index contributed by atoms with van der Waals surface area (Å²) in [6, 6.07) is 15.7. The standard InChI is InChI=1S/C22H21N7O2/c1-31-22-26-17-14(18(23)30)8-5-9-16(17)29(22)21-27-19-15(10-11-24-19)20(28-21)25-12-13-6-3-2-4-7-13/h2-9,11,21,27H,10,12H2,1H3,(H2,23,30)(H,25,28). The monoisotopic (exact) mass is 415 g/mol. The molecule has 0 radical (unpaired) electrons. The average molecular weight is 415 g/mol. The van der Waals surface area contributed by atoms with Crippen LogP contribution in [0.3, 0.4) is 0 Å². The second-order valence-corrected chi connectivity index (χ2v) is 7.18. The van der Waals surface area contributed by atoms with Gasteiger partial charge in [-0.15, -0.1) is 0 Å². The van der Waals surface area contributed by atoms with Crippen molar-refractivity contribution in [2.45, 2.75) is 19.3 Å². The van der Waals surface area contributed by atoms with Gasteiger partial charge in [0.25, 0.3) is 11.9 Å². The summed E-state index contributed by atoms with van der Waals surface area (Å²) in [6.45, 7) is 0.636. The van der Waals surface area contributed by atoms with Gasteiger partial charge in [0.1, 0.15) is 17.2 Å². The van der Waals surface area contributed by atoms with Crippen molar-refractivity contribution in [1.29, 1.82) is 0 Å². The lowest BCUT2D eigenvalue weighted by molar-refractivity contribution is 0.100. The molecule has 1 unspecified atom stereocenters. The predicted octanol–water partition coefficient (Wildman–Crippen LogP) is 2.08. The number of rotatable bonds is 5. The molecule has 2 aliphatic heterocycles. The van der Waals surface area contributed by atoms with E-state index in [1.54, 1.807) is 16.7 Å². The number of para-hydroxylation sites is 1. The van der Waals surface area contributed by atoms with Crippen LogP contribution in [0.4, 0.5) is 0 Å². The second kappa shape index (κ2) is 7.60. The average Bonchev–Trinajstić information content (AvgIpc) is 3.41. The molecule has 3 heterocycles. The van der Waals surface area contributed by atoms with E-state index < -0.39 is 12.2 Å². The fraction of sp³-hybridized carbons (Fsp3) is 0.182. The first kappa shape index (κ1) is 18.9. The minimum atomic E-state index is -0.560. The molecule has 0 spiro atoms. The van der Waals surface area contributed by atoms with Crippen LogP contribution in [-0.2, 0) is 6.54 Å². The highest BCUT2D eigenvalue weighted by molar-refractivity contribution is 6.05. The molecule has 1 amide bonds. The molecule has 1 aromatic heterocycles. The normalized spacial score (nSPS) is 17.3. The molecule has 2 aliphatic rings. The number of benzene rings is 2. The number of fused-ring (bicyclic) bond motifs is 1. The van der Waals surface area contributed by atoms with Crippen LogP contribution in [-0.4, -0.2) is 34.6 Å². The van der Waals surface area contributed by atoms with Crippen LogP contribution in [0.25, 0.3) is 11.0 Å². The number of aliphatic imine (C=N–C) groups is 2. The number of nitrogens with two attached hydrogens (primary N) is 1. The first-order valence-electron chi connectivity index (χ1n) is 9.88. The van der Waals surface area contributed by atoms with Gasteiger partial charge in [-0.1, -0.05) is 36.4 Å². The van der Waals surface area contributed by atoms with Crippen molar-refractivity contribution >= 4 is 29.0 Å². The molecule has 2 aromatic carbocycles. The Hall–Kier alpha value is -4.14. The van der Waals surface area contributed by atoms with E-state index in [1.807, 2.05) is 30.5 Å². The highest BCUT2D eigenvalue weighted by Crippen LogP contribution is 2.31. The van der Waals surface area contributed by atoms with Gasteiger partial charge in [-0.2, -0.15) is 4.98 Å². The number of carbonyl (C=O) groups excluding carboxylic acids is 1. The predicted molar refractivity (Wildman–Crippen MR) is 118 cm³/mol. The summed E-state index contributed by atoms with van der Waals surface area (Å²) in [5.74, 6) is 0.967. The summed E-state index contributed by atoms with van der Waals surface area (Å²) in [5.41, 5.74) is 9.18. The van der Waals surface area contributed by atoms with Crippen molar-refractivity contribution in [3.63, 3.8) is 0 Å². The van der Waals surface area contributed by atoms with Crippen molar-refractivity contribution in [1.82, 2.24) is 20.2 Å². The van der Waals surface area contributed by atoms with Gasteiger partial charge in [-0.25, -0.2) is 9.98 Å². The van der Waals surface area contributed by atoms with Gasteiger partial charge in [0, 0.05) is 24.8 Å². The molecule has 9 heteroatoms. The largest absolute Gasteiger partial charge is 0.468 e. The number of hydrogen-bond donors (Lipinski definition) is 3. The van der Waals surface area contributed by atoms with Gasteiger partial charge in [-0.05, 0) is 17.7 Å². The van der Waals surface area contributed by atoms with Gasteiger partial charge in [0.2, 0.25) is 6.29 Å². The minimum Gasteiger partial charge on any atom is -0.468 e. The Morgan fingerprint density at radius 1 is 1.26 bits per heavy atom. The Kier molecular flexibility index (Phi) is 4.62. The zero-order chi connectivity index (χ0) is 21.4. The summed E-state index contributed by atoms with van der Waals surface area (Å²) in [7, 11) is 1.53. The van der Waals surface area contributed by atoms with Crippen molar-refractivity contribution in [2.75, 3.05) is 7.11 Å². The van der Waals surface area contributed by atoms with Gasteiger partial charge >= 0.3 is 0 Å². The molecule has 31 heavy (non-hydrogen) atoms. The van der Waals surface area contributed by atoms with Gasteiger partial charge in [-0.3, -0.25) is 9.36 Å². The third-order valence-corrected chi connectivity index (χ3v) is 5.29. The summed E-state index contributed by atoms with van der Waals surface area (Å²) < 4.78 is 7.30. The number of imidazole rings is 1. The molecule has 0 aliphatic carbocycles. The Labute approximate surface area is 178 Å². The summed E-state index contributed by atoms with van der Waals surface area (Å²) in [4.78, 5) is 25.7. The van der Waals surface area contributed by atoms with E-state index >= 15 is 0 Å². The van der Waals surface area contributed by atoms with E-state index in [-0.39, 0.29) is 0 Å². The Bertz CT molecular complexity index is 1260. The number of ether oxygens (including phenoxy) is 1. The van der Waals surface area contributed by atoms with Crippen LogP contribution in [0.2, 0.25) is 0 Å². The molecule has 0 saturated carbocycles. The highest BCUT2D eigenvalue weighted by Gasteiger charge is 2.29. The van der Waals surface area contributed by atoms with Crippen LogP contribution in [0.1, 0.15) is 28.6 Å². The number of primary amides is 1. The molecule has 0 bridgehead atoms. The van der Waals surface area contributed by atoms with Crippen molar-refractivity contribution in [2.24, 2.45) is 15.7 Å². The maximum atomic E-state index is 11.9. The third-order valence-electron chi connectivity index (χ3n) is 5.29. The SMILES string of the molecule is COc1nc2c(C(N)=O)cccc2n1C1N=C(NCc2ccccc2)C2=C(N=CC2)N1. The van der Waals surface area contributed by atoms with Crippen molar-refractivity contribution < 1.29 is 9.53 Å². The van der Waals surface area contributed by atoms with Gasteiger partial charge < -0.3 is 21.1 Å². The minimum absolute atomic E-state index is 0.318. The molecular formula is C22H21N7O2. The number of aromatic nitrogens is 2. The van der Waals surface area contributed by atoms with Crippen LogP contribution < -0.4 is 21.1 Å². The van der Waals surface area contributed by atoms with E-state index in [0.29, 0.717) is 35.6 Å². The lowest BCUT2D eigenvalue weighted by atomic mass is 10.1. The van der Waals surface area contributed by atoms with Crippen LogP contribution in [0, 0.1) is 0 Å². The molecule has 3 aromatic rings. The summed E-state index contributed by atoms with van der Waals surface area (Å²) in [5, 5.41) is 6.78. The summed E-state index contributed by atoms with van der Waals surface area (Å²) in [6.07, 6.45) is 1.99. The highest BCUT2D eigenvalue weighted by atomic mass is 16.5. The first-order chi connectivity index (χ1) is 15.2. The van der Waals surface area contributed by atoms with E-state index in [9.17, 15) is 4.79 Å². The van der Waals surface area contributed by atoms with Crippen LogP contribution in [0.15, 0.2) is 69.9 Å². The quantitative estimate of drug-likeness (QED) is 0.589. The number of hydrogen-bond acceptors (Lipinski definition) is 7. The molecule has 9 nitrogen and oxygen atoms in total. The zero-order valence-electron chi connectivity index (χ0n) is 16.9. The van der Waals surface area contributed by atoms with Crippen LogP contribution >= 0.6 is 0 Å². The number of methoxy groups -OCH3 is 1. The molecule has 156 valence electrons. The molecule has 5 rings (SSSR count). The number of amidine groups is 1. The number of nitrogens with one attached hydrogen (secondary N) is 2. The van der Waals surface area contributed by atoms with E-state index in [0.717, 1.165) is 22.8 Å². The fourth-order valence-electron chi connectivity index (χ4n) is 3.82. The molecular weight excluding hydrogens is 394 g/mol. The van der Waals surface area contributed by atoms with Crippen LogP contribution in [0.5, 0.6) is 6.01 Å². The van der Waals surface area contributed by atoms with E-state index in [4.69, 9.17) is 15.5 Å². The summed E-state index contributed by atoms with van der Waals surface area (Å²) >= 11 is 0. The smallest absolute Gasteiger partial charge is 0.300 e. The zero-order valence-corrected chi connectivity index (χ0v) is 16.9. The Morgan fingerprint density at radius 3 is 2.87 bits per heavy atom. The number of nitrogens with zero attached hydrogens (tertiary/aromatic N) is 4. The maximum Gasteiger partial charge on any atom is 0.300 e. The van der Waals surface area contributed by atoms with Gasteiger partial charge in [0.15, 0.2) is 0 Å². The lowest BCUT2D eigenvalue weighted by Crippen LogP contribution is -2.36. The third kappa shape index (κ3) is 3.29. The first-order valence-corrected chi connectivity index (χ1v) is 9.88. The number of carbonyl (C=O) groups is 1. The number of amides is 1. The Balaban J connectivity index is 1.56. The second-order valence-electron chi connectivity index (χ2n) is 7.18. The fourth-order valence-corrected chi connectivity index (χ4v) is 3.82. The van der Waals surface area contributed by atoms with Crippen molar-refractivity contribution in [3.05, 3.63) is 71.1 Å². The maximum absolute atomic E-state index is 11.9. The van der Waals surface area contributed by atoms with E-state index in [2.05, 4.69) is 32.7 Å². The molecule has 0 fully saturated rings. The van der Waals surface area contributed by atoms with E-state index in [1.165, 1.54) is 7.11 Å². The Morgan fingerprint density at radius 2 is 2.10 bits per heavy atom. The molecule has 4 N–H and O–H groups in total. The lowest BCUT2D eigenvalue weighted by Gasteiger charge is -2.26. The molecule has 1 atom stereocenters.